The molecule has 8 nitrogen and oxygen atoms in total. The first kappa shape index (κ1) is 16.5. The van der Waals surface area contributed by atoms with Crippen molar-refractivity contribution >= 4 is 17.7 Å². The van der Waals surface area contributed by atoms with E-state index < -0.39 is 0 Å². The summed E-state index contributed by atoms with van der Waals surface area (Å²) in [6, 6.07) is 4.05. The van der Waals surface area contributed by atoms with Crippen molar-refractivity contribution in [3.63, 3.8) is 0 Å². The Morgan fingerprint density at radius 2 is 1.79 bits per heavy atom. The lowest BCUT2D eigenvalue weighted by Gasteiger charge is -2.23. The number of pyridine rings is 1. The fourth-order valence-electron chi connectivity index (χ4n) is 3.09. The standard InChI is InChI=1S/C16H26N8/c1-3-22(4-2)11-12-7-8-13(24-16(18)20-15(17)21-24)14(19-12)23-9-5-6-10-23/h7-8H,3-6,9-11H2,1-2H3,(H4,17,18,20,21). The number of anilines is 3. The van der Waals surface area contributed by atoms with E-state index in [1.807, 2.05) is 12.1 Å². The summed E-state index contributed by atoms with van der Waals surface area (Å²) in [5.41, 5.74) is 13.5. The molecule has 3 rings (SSSR count). The lowest BCUT2D eigenvalue weighted by Crippen LogP contribution is -2.25. The maximum Gasteiger partial charge on any atom is 0.241 e. The van der Waals surface area contributed by atoms with E-state index >= 15 is 0 Å². The van der Waals surface area contributed by atoms with Crippen molar-refractivity contribution in [1.29, 1.82) is 0 Å². The highest BCUT2D eigenvalue weighted by molar-refractivity contribution is 5.60. The minimum atomic E-state index is 0.173. The van der Waals surface area contributed by atoms with E-state index in [4.69, 9.17) is 16.5 Å². The van der Waals surface area contributed by atoms with Gasteiger partial charge in [-0.05, 0) is 38.1 Å². The quantitative estimate of drug-likeness (QED) is 0.822. The van der Waals surface area contributed by atoms with Gasteiger partial charge in [0.05, 0.1) is 5.69 Å². The minimum absolute atomic E-state index is 0.173. The summed E-state index contributed by atoms with van der Waals surface area (Å²) in [7, 11) is 0. The summed E-state index contributed by atoms with van der Waals surface area (Å²) >= 11 is 0. The van der Waals surface area contributed by atoms with Crippen LogP contribution in [0.3, 0.4) is 0 Å². The van der Waals surface area contributed by atoms with Crippen LogP contribution in [-0.4, -0.2) is 50.8 Å². The van der Waals surface area contributed by atoms with Gasteiger partial charge in [-0.2, -0.15) is 9.67 Å². The molecule has 0 radical (unpaired) electrons. The zero-order valence-corrected chi connectivity index (χ0v) is 14.4. The third kappa shape index (κ3) is 3.28. The molecule has 0 aliphatic carbocycles. The average Bonchev–Trinajstić information content (AvgIpc) is 3.22. The molecule has 130 valence electrons. The van der Waals surface area contributed by atoms with Crippen molar-refractivity contribution in [3.05, 3.63) is 17.8 Å². The van der Waals surface area contributed by atoms with Crippen LogP contribution in [-0.2, 0) is 6.54 Å². The van der Waals surface area contributed by atoms with Gasteiger partial charge in [0.1, 0.15) is 5.69 Å². The molecule has 4 N–H and O–H groups in total. The Bertz CT molecular complexity index is 685. The maximum atomic E-state index is 5.96. The van der Waals surface area contributed by atoms with Crippen molar-refractivity contribution in [2.75, 3.05) is 42.5 Å². The molecule has 0 aromatic carbocycles. The van der Waals surface area contributed by atoms with Gasteiger partial charge in [0.25, 0.3) is 0 Å². The number of nitrogens with two attached hydrogens (primary N) is 2. The zero-order valence-electron chi connectivity index (χ0n) is 14.4. The molecule has 0 amide bonds. The SMILES string of the molecule is CCN(CC)Cc1ccc(-n2nc(N)nc2N)c(N2CCCC2)n1. The molecule has 0 bridgehead atoms. The molecular formula is C16H26N8. The van der Waals surface area contributed by atoms with Gasteiger partial charge in [0.2, 0.25) is 11.9 Å². The monoisotopic (exact) mass is 330 g/mol. The van der Waals surface area contributed by atoms with E-state index in [-0.39, 0.29) is 11.9 Å². The Balaban J connectivity index is 2.00. The van der Waals surface area contributed by atoms with E-state index in [1.165, 1.54) is 12.8 Å². The molecule has 1 saturated heterocycles. The highest BCUT2D eigenvalue weighted by atomic mass is 15.4. The van der Waals surface area contributed by atoms with Gasteiger partial charge >= 0.3 is 0 Å². The number of aromatic nitrogens is 4. The average molecular weight is 330 g/mol. The Morgan fingerprint density at radius 1 is 1.08 bits per heavy atom. The van der Waals surface area contributed by atoms with E-state index in [0.717, 1.165) is 49.9 Å². The van der Waals surface area contributed by atoms with Crippen LogP contribution < -0.4 is 16.4 Å². The number of rotatable bonds is 6. The molecule has 1 fully saturated rings. The lowest BCUT2D eigenvalue weighted by molar-refractivity contribution is 0.292. The maximum absolute atomic E-state index is 5.96. The molecule has 0 atom stereocenters. The molecule has 0 saturated carbocycles. The summed E-state index contributed by atoms with van der Waals surface area (Å²) in [5, 5.41) is 4.22. The summed E-state index contributed by atoms with van der Waals surface area (Å²) in [4.78, 5) is 13.6. The van der Waals surface area contributed by atoms with Crippen LogP contribution >= 0.6 is 0 Å². The third-order valence-electron chi connectivity index (χ3n) is 4.47. The van der Waals surface area contributed by atoms with E-state index in [2.05, 4.69) is 33.7 Å². The number of nitrogen functional groups attached to an aromatic ring is 2. The van der Waals surface area contributed by atoms with Crippen LogP contribution in [0.15, 0.2) is 12.1 Å². The highest BCUT2D eigenvalue weighted by Crippen LogP contribution is 2.27. The first-order valence-electron chi connectivity index (χ1n) is 8.58. The van der Waals surface area contributed by atoms with E-state index in [0.29, 0.717) is 0 Å². The second-order valence-corrected chi connectivity index (χ2v) is 6.04. The zero-order chi connectivity index (χ0) is 17.1. The first-order chi connectivity index (χ1) is 11.6. The second kappa shape index (κ2) is 7.04. The smallest absolute Gasteiger partial charge is 0.241 e. The van der Waals surface area contributed by atoms with Crippen molar-refractivity contribution in [2.45, 2.75) is 33.2 Å². The largest absolute Gasteiger partial charge is 0.368 e. The van der Waals surface area contributed by atoms with Crippen LogP contribution in [0.2, 0.25) is 0 Å². The summed E-state index contributed by atoms with van der Waals surface area (Å²) in [5.74, 6) is 1.37. The van der Waals surface area contributed by atoms with Crippen molar-refractivity contribution in [1.82, 2.24) is 24.6 Å². The molecule has 1 aliphatic rings. The van der Waals surface area contributed by atoms with Crippen LogP contribution in [0.25, 0.3) is 5.69 Å². The Hall–Kier alpha value is -2.35. The predicted molar refractivity (Wildman–Crippen MR) is 96.1 cm³/mol. The molecule has 0 unspecified atom stereocenters. The fourth-order valence-corrected chi connectivity index (χ4v) is 3.09. The van der Waals surface area contributed by atoms with Crippen molar-refractivity contribution in [2.24, 2.45) is 0 Å². The summed E-state index contributed by atoms with van der Waals surface area (Å²) in [6.45, 7) is 9.17. The molecule has 1 aliphatic heterocycles. The Morgan fingerprint density at radius 3 is 2.38 bits per heavy atom. The number of hydrogen-bond acceptors (Lipinski definition) is 7. The first-order valence-corrected chi connectivity index (χ1v) is 8.58. The van der Waals surface area contributed by atoms with Gasteiger partial charge < -0.3 is 16.4 Å². The molecular weight excluding hydrogens is 304 g/mol. The summed E-state index contributed by atoms with van der Waals surface area (Å²) < 4.78 is 1.58. The molecule has 3 heterocycles. The summed E-state index contributed by atoms with van der Waals surface area (Å²) in [6.07, 6.45) is 2.35. The van der Waals surface area contributed by atoms with Crippen LogP contribution in [0.4, 0.5) is 17.7 Å². The molecule has 8 heteroatoms. The van der Waals surface area contributed by atoms with Crippen molar-refractivity contribution in [3.8, 4) is 5.69 Å². The van der Waals surface area contributed by atoms with Gasteiger partial charge in [-0.3, -0.25) is 4.90 Å². The van der Waals surface area contributed by atoms with Gasteiger partial charge in [0.15, 0.2) is 5.82 Å². The normalized spacial score (nSPS) is 14.7. The van der Waals surface area contributed by atoms with Crippen LogP contribution in [0.1, 0.15) is 32.4 Å². The molecule has 2 aromatic rings. The number of hydrogen-bond donors (Lipinski definition) is 2. The van der Waals surface area contributed by atoms with E-state index in [1.54, 1.807) is 4.68 Å². The molecule has 0 spiro atoms. The lowest BCUT2D eigenvalue weighted by atomic mass is 10.2. The minimum Gasteiger partial charge on any atom is -0.368 e. The van der Waals surface area contributed by atoms with Crippen LogP contribution in [0, 0.1) is 0 Å². The molecule has 2 aromatic heterocycles. The Labute approximate surface area is 142 Å². The predicted octanol–water partition coefficient (Wildman–Crippen LogP) is 1.27. The van der Waals surface area contributed by atoms with Gasteiger partial charge in [-0.15, -0.1) is 5.10 Å². The Kier molecular flexibility index (Phi) is 4.84. The second-order valence-electron chi connectivity index (χ2n) is 6.04. The van der Waals surface area contributed by atoms with Crippen molar-refractivity contribution < 1.29 is 0 Å². The highest BCUT2D eigenvalue weighted by Gasteiger charge is 2.21. The van der Waals surface area contributed by atoms with Gasteiger partial charge in [-0.25, -0.2) is 4.98 Å². The number of nitrogens with zero attached hydrogens (tertiary/aromatic N) is 6. The molecule has 24 heavy (non-hydrogen) atoms. The van der Waals surface area contributed by atoms with E-state index in [9.17, 15) is 0 Å². The topological polar surface area (TPSA) is 102 Å². The van der Waals surface area contributed by atoms with Gasteiger partial charge in [0, 0.05) is 19.6 Å². The van der Waals surface area contributed by atoms with Crippen LogP contribution in [0.5, 0.6) is 0 Å². The van der Waals surface area contributed by atoms with Gasteiger partial charge in [-0.1, -0.05) is 13.8 Å². The third-order valence-corrected chi connectivity index (χ3v) is 4.47. The fraction of sp³-hybridized carbons (Fsp3) is 0.562.